The van der Waals surface area contributed by atoms with Crippen molar-refractivity contribution in [3.8, 4) is 0 Å². The van der Waals surface area contributed by atoms with Crippen molar-refractivity contribution < 1.29 is 39.3 Å². The fourth-order valence-corrected chi connectivity index (χ4v) is 7.09. The summed E-state index contributed by atoms with van der Waals surface area (Å²) in [6, 6.07) is 43.0. The van der Waals surface area contributed by atoms with E-state index in [4.69, 9.17) is 19.8 Å². The van der Waals surface area contributed by atoms with E-state index in [1.165, 1.54) is 21.2 Å². The minimum Gasteiger partial charge on any atom is -0.550 e. The molecule has 0 aromatic heterocycles. The molecule has 4 aromatic carbocycles. The Morgan fingerprint density at radius 2 is 0.811 bits per heavy atom. The molecular weight excluding hydrogens is 587 g/mol. The Labute approximate surface area is 234 Å². The fraction of sp³-hybridized carbons (Fsp3) is 0.0667. The number of carbonyl (C=O) groups is 2. The van der Waals surface area contributed by atoms with Crippen molar-refractivity contribution in [2.24, 2.45) is 0 Å². The van der Waals surface area contributed by atoms with Crippen LogP contribution < -0.4 is 31.4 Å². The van der Waals surface area contributed by atoms with Crippen LogP contribution in [-0.4, -0.2) is 11.9 Å². The van der Waals surface area contributed by atoms with Gasteiger partial charge in [-0.25, -0.2) is 13.7 Å². The first-order valence-electron chi connectivity index (χ1n) is 11.1. The van der Waals surface area contributed by atoms with E-state index in [9.17, 15) is 0 Å². The van der Waals surface area contributed by atoms with Crippen LogP contribution in [0.5, 0.6) is 0 Å². The van der Waals surface area contributed by atoms with Crippen LogP contribution in [0.4, 0.5) is 0 Å². The van der Waals surface area contributed by atoms with Crippen LogP contribution in [0.2, 0.25) is 0 Å². The van der Waals surface area contributed by atoms with Crippen LogP contribution in [-0.2, 0) is 29.1 Å². The predicted octanol–water partition coefficient (Wildman–Crippen LogP) is 3.04. The van der Waals surface area contributed by atoms with E-state index >= 15 is 0 Å². The molecule has 4 aromatic rings. The van der Waals surface area contributed by atoms with Crippen LogP contribution >= 0.6 is 15.8 Å². The molecular formula is C30H27O4P2Ru. The number of hydrogen-bond acceptors (Lipinski definition) is 4. The van der Waals surface area contributed by atoms with Gasteiger partial charge in [0.2, 0.25) is 0 Å². The number of rotatable bonds is 6. The van der Waals surface area contributed by atoms with E-state index in [1.807, 2.05) is 0 Å². The molecule has 0 fully saturated rings. The normalized spacial score (nSPS) is 9.95. The van der Waals surface area contributed by atoms with Gasteiger partial charge in [-0.15, -0.1) is 0 Å². The van der Waals surface area contributed by atoms with E-state index < -0.39 is 27.8 Å². The molecule has 0 N–H and O–H groups in total. The largest absolute Gasteiger partial charge is 3.00 e. The summed E-state index contributed by atoms with van der Waals surface area (Å²) in [5, 5.41) is 23.1. The van der Waals surface area contributed by atoms with Crippen molar-refractivity contribution in [1.82, 2.24) is 0 Å². The molecule has 0 spiro atoms. The van der Waals surface area contributed by atoms with Gasteiger partial charge in [0.15, 0.2) is 0 Å². The molecule has 0 heterocycles. The number of benzene rings is 4. The summed E-state index contributed by atoms with van der Waals surface area (Å²) >= 11 is 0. The molecule has 0 aliphatic heterocycles. The molecule has 0 unspecified atom stereocenters. The Morgan fingerprint density at radius 3 is 1.08 bits per heavy atom. The van der Waals surface area contributed by atoms with Gasteiger partial charge in [0.05, 0.1) is 0 Å². The van der Waals surface area contributed by atoms with Gasteiger partial charge in [-0.1, -0.05) is 129 Å². The van der Waals surface area contributed by atoms with Crippen molar-refractivity contribution in [2.75, 3.05) is 0 Å². The summed E-state index contributed by atoms with van der Waals surface area (Å²) in [6.07, 6.45) is 0. The summed E-state index contributed by atoms with van der Waals surface area (Å²) in [7, 11) is -1.24. The van der Waals surface area contributed by atoms with Crippen molar-refractivity contribution in [1.29, 1.82) is 0 Å². The van der Waals surface area contributed by atoms with Crippen molar-refractivity contribution in [3.05, 3.63) is 133 Å². The average molecular weight is 615 g/mol. The van der Waals surface area contributed by atoms with Gasteiger partial charge in [0.1, 0.15) is 0 Å². The molecule has 4 nitrogen and oxygen atoms in total. The fourth-order valence-electron chi connectivity index (χ4n) is 3.04. The second kappa shape index (κ2) is 18.3. The molecule has 4 rings (SSSR count). The predicted molar refractivity (Wildman–Crippen MR) is 147 cm³/mol. The van der Waals surface area contributed by atoms with E-state index in [-0.39, 0.29) is 19.5 Å². The maximum absolute atomic E-state index is 8.89. The smallest absolute Gasteiger partial charge is 0.550 e. The zero-order valence-electron chi connectivity index (χ0n) is 20.5. The van der Waals surface area contributed by atoms with Crippen molar-refractivity contribution in [2.45, 2.75) is 13.8 Å². The van der Waals surface area contributed by atoms with Crippen LogP contribution in [0.1, 0.15) is 13.8 Å². The first-order chi connectivity index (χ1) is 17.4. The van der Waals surface area contributed by atoms with Gasteiger partial charge in [-0.2, -0.15) is 0 Å². The van der Waals surface area contributed by atoms with Gasteiger partial charge >= 0.3 is 19.5 Å². The maximum Gasteiger partial charge on any atom is 3.00 e. The second-order valence-corrected chi connectivity index (χ2v) is 11.3. The molecule has 7 heteroatoms. The van der Waals surface area contributed by atoms with E-state index in [1.54, 1.807) is 0 Å². The molecule has 0 atom stereocenters. The second-order valence-electron chi connectivity index (χ2n) is 7.29. The third-order valence-corrected chi connectivity index (χ3v) is 8.73. The summed E-state index contributed by atoms with van der Waals surface area (Å²) in [5.74, 6) is 3.98. The monoisotopic (exact) mass is 615 g/mol. The van der Waals surface area contributed by atoms with Gasteiger partial charge in [0.25, 0.3) is 0 Å². The van der Waals surface area contributed by atoms with Crippen molar-refractivity contribution >= 4 is 49.0 Å². The Balaban J connectivity index is 0.000000671. The van der Waals surface area contributed by atoms with Gasteiger partial charge in [0, 0.05) is 11.9 Å². The quantitative estimate of drug-likeness (QED) is 0.190. The molecule has 0 aliphatic carbocycles. The first kappa shape index (κ1) is 32.1. The van der Waals surface area contributed by atoms with E-state index in [2.05, 4.69) is 133 Å². The molecule has 0 amide bonds. The first-order valence-corrected chi connectivity index (χ1v) is 13.9. The Morgan fingerprint density at radius 1 is 0.568 bits per heavy atom. The molecule has 0 aliphatic rings. The summed E-state index contributed by atoms with van der Waals surface area (Å²) in [6.45, 7) is 1.94. The zero-order valence-corrected chi connectivity index (χ0v) is 24.0. The van der Waals surface area contributed by atoms with Gasteiger partial charge < -0.3 is 25.6 Å². The number of aliphatic carboxylic acids is 2. The summed E-state index contributed by atoms with van der Waals surface area (Å²) in [4.78, 5) is 17.8. The number of carboxylic acid groups (broad SMARTS) is 2. The standard InChI is InChI=1S/C26H21P2.2C2H4O2.Ru/c1-5-13-23(14-6-1)27(24-15-7-2-8-16-24)21-22-28(25-17-9-3-10-18-25)26-19-11-4-12-20-26;2*1-2(3)4;/h1-21H;2*1H3,(H,3,4);/q-1;;;+3/p-2. The molecule has 37 heavy (non-hydrogen) atoms. The third-order valence-electron chi connectivity index (χ3n) is 4.41. The molecule has 1 radical (unpaired) electrons. The zero-order chi connectivity index (χ0) is 26.2. The maximum atomic E-state index is 8.89. The average Bonchev–Trinajstić information content (AvgIpc) is 2.88. The minimum absolute atomic E-state index is 0. The number of carboxylic acids is 2. The summed E-state index contributed by atoms with van der Waals surface area (Å²) in [5.41, 5.74) is 0. The summed E-state index contributed by atoms with van der Waals surface area (Å²) < 4.78 is 0. The van der Waals surface area contributed by atoms with Crippen LogP contribution in [0.3, 0.4) is 0 Å². The molecule has 0 saturated carbocycles. The Bertz CT molecular complexity index is 1020. The Hall–Kier alpha value is -2.96. The minimum atomic E-state index is -1.08. The third kappa shape index (κ3) is 12.7. The Kier molecular flexibility index (Phi) is 15.9. The van der Waals surface area contributed by atoms with Gasteiger partial charge in [-0.05, 0) is 35.1 Å². The molecule has 0 saturated heterocycles. The molecule has 189 valence electrons. The topological polar surface area (TPSA) is 80.3 Å². The van der Waals surface area contributed by atoms with Crippen LogP contribution in [0.25, 0.3) is 0 Å². The van der Waals surface area contributed by atoms with Crippen LogP contribution in [0, 0.1) is 5.82 Å². The van der Waals surface area contributed by atoms with E-state index in [0.29, 0.717) is 0 Å². The van der Waals surface area contributed by atoms with Crippen LogP contribution in [0.15, 0.2) is 127 Å². The SMILES string of the molecule is CC(=O)[O-].CC(=O)[O-].[C-](=CP(c1ccccc1)c1ccccc1)P(c1ccccc1)c1ccccc1.[Ru+3]. The van der Waals surface area contributed by atoms with Gasteiger partial charge in [-0.3, -0.25) is 0 Å². The van der Waals surface area contributed by atoms with E-state index in [0.717, 1.165) is 13.8 Å². The number of carbonyl (C=O) groups excluding carboxylic acids is 2. The number of hydrogen-bond donors (Lipinski definition) is 0. The van der Waals surface area contributed by atoms with Crippen molar-refractivity contribution in [3.63, 3.8) is 0 Å². The molecule has 0 bridgehead atoms.